The minimum Gasteiger partial charge on any atom is 0 e. The molecule has 0 fully saturated rings. The van der Waals surface area contributed by atoms with Gasteiger partial charge in [0.25, 0.3) is 0 Å². The van der Waals surface area contributed by atoms with E-state index < -0.39 is 8.07 Å². The predicted octanol–water partition coefficient (Wildman–Crippen LogP) is 2.17. The van der Waals surface area contributed by atoms with Gasteiger partial charge in [0.1, 0.15) is 0 Å². The topological polar surface area (TPSA) is 79.9 Å². The third-order valence-corrected chi connectivity index (χ3v) is 4.29. The first kappa shape index (κ1) is 27.5. The zero-order valence-corrected chi connectivity index (χ0v) is 14.2. The fraction of sp³-hybridized carbons (Fsp3) is 0.357. The van der Waals surface area contributed by atoms with Gasteiger partial charge >= 0.3 is 33.9 Å². The van der Waals surface area contributed by atoms with Gasteiger partial charge in [0.2, 0.25) is 0 Å². The molecule has 1 atom stereocenters. The second-order valence-electron chi connectivity index (χ2n) is 4.51. The summed E-state index contributed by atoms with van der Waals surface area (Å²) < 4.78 is 22.5. The van der Waals surface area contributed by atoms with Gasteiger partial charge in [-0.25, -0.2) is 0 Å². The molecule has 0 aromatic heterocycles. The van der Waals surface area contributed by atoms with E-state index in [1.165, 1.54) is 5.19 Å². The maximum absolute atomic E-state index is 9.59. The van der Waals surface area contributed by atoms with Crippen molar-refractivity contribution in [3.05, 3.63) is 49.8 Å². The molecule has 4 nitrogen and oxygen atoms in total. The molecule has 0 amide bonds. The standard InChI is InChI=1S/C11H18OSi.3CO.Cr/c1-9(12)10-7-5-6-8-11(10)13(2,3)4;3*1-2;/h5-9,12H,1-4H3;;;;/t9-;;;;/m1..../s1. The minimum absolute atomic E-state index is 0. The molecule has 0 aliphatic carbocycles. The molecular formula is C14H18CrO4Si. The number of rotatable bonds is 2. The first-order valence-corrected chi connectivity index (χ1v) is 8.81. The van der Waals surface area contributed by atoms with E-state index in [9.17, 15) is 5.11 Å². The quantitative estimate of drug-likeness (QED) is 0.503. The van der Waals surface area contributed by atoms with Crippen LogP contribution in [0.15, 0.2) is 24.3 Å². The van der Waals surface area contributed by atoms with Crippen molar-refractivity contribution in [1.82, 2.24) is 0 Å². The molecule has 20 heavy (non-hydrogen) atoms. The molecule has 0 unspecified atom stereocenters. The molecule has 0 saturated carbocycles. The van der Waals surface area contributed by atoms with E-state index in [1.807, 2.05) is 19.1 Å². The number of aliphatic hydroxyl groups is 1. The number of hydrogen-bond donors (Lipinski definition) is 1. The van der Waals surface area contributed by atoms with Gasteiger partial charge in [-0.05, 0) is 12.5 Å². The summed E-state index contributed by atoms with van der Waals surface area (Å²) in [7, 11) is -1.30. The second-order valence-corrected chi connectivity index (χ2v) is 9.55. The van der Waals surface area contributed by atoms with Crippen molar-refractivity contribution in [2.24, 2.45) is 0 Å². The summed E-state index contributed by atoms with van der Waals surface area (Å²) in [6, 6.07) is 8.22. The molecule has 0 saturated heterocycles. The molecule has 0 spiro atoms. The fourth-order valence-electron chi connectivity index (χ4n) is 1.54. The van der Waals surface area contributed by atoms with Crippen LogP contribution in [-0.4, -0.2) is 13.2 Å². The predicted molar refractivity (Wildman–Crippen MR) is 71.8 cm³/mol. The number of aliphatic hydroxyl groups excluding tert-OH is 1. The molecule has 0 radical (unpaired) electrons. The van der Waals surface area contributed by atoms with Gasteiger partial charge in [0.15, 0.2) is 0 Å². The van der Waals surface area contributed by atoms with Crippen molar-refractivity contribution in [1.29, 1.82) is 0 Å². The van der Waals surface area contributed by atoms with Crippen molar-refractivity contribution in [2.75, 3.05) is 0 Å². The zero-order chi connectivity index (χ0) is 16.1. The van der Waals surface area contributed by atoms with Crippen LogP contribution in [0.25, 0.3) is 0 Å². The van der Waals surface area contributed by atoms with E-state index in [1.54, 1.807) is 0 Å². The summed E-state index contributed by atoms with van der Waals surface area (Å²) in [6.45, 7) is 22.2. The molecule has 1 aromatic rings. The first-order chi connectivity index (χ1) is 8.93. The fourth-order valence-corrected chi connectivity index (χ4v) is 3.30. The van der Waals surface area contributed by atoms with Crippen LogP contribution >= 0.6 is 0 Å². The van der Waals surface area contributed by atoms with Crippen molar-refractivity contribution < 1.29 is 36.4 Å². The maximum Gasteiger partial charge on any atom is 0 e. The monoisotopic (exact) mass is 330 g/mol. The van der Waals surface area contributed by atoms with Gasteiger partial charge in [-0.3, -0.25) is 0 Å². The zero-order valence-electron chi connectivity index (χ0n) is 12.0. The summed E-state index contributed by atoms with van der Waals surface area (Å²) in [4.78, 5) is 0. The largest absolute Gasteiger partial charge is 0 e. The van der Waals surface area contributed by atoms with E-state index in [2.05, 4.69) is 51.7 Å². The Bertz CT molecular complexity index is 391. The number of benzene rings is 1. The van der Waals surface area contributed by atoms with Gasteiger partial charge in [-0.2, -0.15) is 0 Å². The Balaban J connectivity index is -0.000000162. The molecule has 6 heteroatoms. The van der Waals surface area contributed by atoms with Crippen molar-refractivity contribution in [2.45, 2.75) is 32.7 Å². The maximum atomic E-state index is 9.59. The second kappa shape index (κ2) is 16.2. The van der Waals surface area contributed by atoms with E-state index in [4.69, 9.17) is 14.0 Å². The Labute approximate surface area is 132 Å². The van der Waals surface area contributed by atoms with E-state index in [0.717, 1.165) is 5.56 Å². The van der Waals surface area contributed by atoms with Crippen LogP contribution in [0.4, 0.5) is 0 Å². The van der Waals surface area contributed by atoms with Crippen molar-refractivity contribution >= 4 is 13.3 Å². The third-order valence-electron chi connectivity index (χ3n) is 2.22. The van der Waals surface area contributed by atoms with E-state index in [0.29, 0.717) is 0 Å². The summed E-state index contributed by atoms with van der Waals surface area (Å²) in [5.74, 6) is 0. The molecule has 108 valence electrons. The molecule has 1 rings (SSSR count). The summed E-state index contributed by atoms with van der Waals surface area (Å²) in [5, 5.41) is 11.0. The van der Waals surface area contributed by atoms with Gasteiger partial charge in [0.05, 0.1) is 14.2 Å². The molecule has 0 aliphatic rings. The van der Waals surface area contributed by atoms with E-state index >= 15 is 0 Å². The van der Waals surface area contributed by atoms with E-state index in [-0.39, 0.29) is 23.5 Å². The van der Waals surface area contributed by atoms with Crippen LogP contribution in [0.2, 0.25) is 19.6 Å². The van der Waals surface area contributed by atoms with Gasteiger partial charge in [0, 0.05) is 17.4 Å². The van der Waals surface area contributed by atoms with Crippen LogP contribution in [0, 0.1) is 20.0 Å². The van der Waals surface area contributed by atoms with Gasteiger partial charge in [-0.1, -0.05) is 49.1 Å². The SMILES string of the molecule is C[C@@H](O)c1ccccc1[Si](C)(C)C.[C-]#[O+].[C-]#[O+].[C-]#[O+].[Cr]. The number of hydrogen-bond acceptors (Lipinski definition) is 1. The van der Waals surface area contributed by atoms with Crippen LogP contribution in [0.1, 0.15) is 18.6 Å². The molecule has 0 bridgehead atoms. The minimum atomic E-state index is -1.30. The normalized spacial score (nSPS) is 9.55. The average molecular weight is 330 g/mol. The Morgan fingerprint density at radius 3 is 1.55 bits per heavy atom. The third kappa shape index (κ3) is 11.0. The van der Waals surface area contributed by atoms with Crippen molar-refractivity contribution in [3.8, 4) is 0 Å². The van der Waals surface area contributed by atoms with Crippen molar-refractivity contribution in [3.63, 3.8) is 0 Å². The van der Waals surface area contributed by atoms with Gasteiger partial charge in [-0.15, -0.1) is 0 Å². The smallest absolute Gasteiger partial charge is 0 e. The molecule has 0 heterocycles. The Morgan fingerprint density at radius 2 is 1.30 bits per heavy atom. The average Bonchev–Trinajstić information content (AvgIpc) is 2.44. The van der Waals surface area contributed by atoms with Gasteiger partial charge < -0.3 is 5.11 Å². The summed E-state index contributed by atoms with van der Waals surface area (Å²) in [5.41, 5.74) is 1.10. The molecular weight excluding hydrogens is 312 g/mol. The Hall–Kier alpha value is -0.851. The van der Waals surface area contributed by atoms with Crippen LogP contribution in [0.5, 0.6) is 0 Å². The molecule has 1 N–H and O–H groups in total. The first-order valence-electron chi connectivity index (χ1n) is 5.31. The summed E-state index contributed by atoms with van der Waals surface area (Å²) >= 11 is 0. The Morgan fingerprint density at radius 1 is 0.950 bits per heavy atom. The Kier molecular flexibility index (Phi) is 22.3. The van der Waals surface area contributed by atoms with Crippen LogP contribution in [-0.2, 0) is 31.3 Å². The summed E-state index contributed by atoms with van der Waals surface area (Å²) in [6.07, 6.45) is -0.345. The molecule has 1 aromatic carbocycles. The van der Waals surface area contributed by atoms with Crippen LogP contribution < -0.4 is 5.19 Å². The van der Waals surface area contributed by atoms with Crippen LogP contribution in [0.3, 0.4) is 0 Å². The molecule has 0 aliphatic heterocycles.